The smallest absolute Gasteiger partial charge is 0.319 e. The van der Waals surface area contributed by atoms with Crippen LogP contribution in [0, 0.1) is 0 Å². The number of hydrogen-bond donors (Lipinski definition) is 3. The Hall–Kier alpha value is -2.77. The summed E-state index contributed by atoms with van der Waals surface area (Å²) in [5.41, 5.74) is 1.93. The predicted molar refractivity (Wildman–Crippen MR) is 118 cm³/mol. The van der Waals surface area contributed by atoms with E-state index in [-0.39, 0.29) is 23.0 Å². The topological polar surface area (TPSA) is 82.7 Å². The monoisotopic (exact) mass is 430 g/mol. The maximum Gasteiger partial charge on any atom is 0.319 e. The number of para-hydroxylation sites is 1. The summed E-state index contributed by atoms with van der Waals surface area (Å²) in [7, 11) is 3.20. The van der Waals surface area contributed by atoms with E-state index in [9.17, 15) is 9.59 Å². The number of rotatable bonds is 7. The van der Waals surface area contributed by atoms with Gasteiger partial charge in [0.25, 0.3) is 5.91 Å². The van der Waals surface area contributed by atoms with Gasteiger partial charge >= 0.3 is 6.03 Å². The first-order valence-electron chi connectivity index (χ1n) is 9.97. The summed E-state index contributed by atoms with van der Waals surface area (Å²) in [5, 5.41) is 8.54. The van der Waals surface area contributed by atoms with Crippen LogP contribution in [0.25, 0.3) is 0 Å². The number of halogens is 1. The first-order chi connectivity index (χ1) is 14.5. The highest BCUT2D eigenvalue weighted by molar-refractivity contribution is 6.34. The molecular weight excluding hydrogens is 404 g/mol. The summed E-state index contributed by atoms with van der Waals surface area (Å²) >= 11 is 6.16. The van der Waals surface area contributed by atoms with Crippen molar-refractivity contribution in [1.82, 2.24) is 15.5 Å². The molecule has 0 spiro atoms. The first kappa shape index (κ1) is 21.9. The highest BCUT2D eigenvalue weighted by atomic mass is 35.5. The van der Waals surface area contributed by atoms with Crippen molar-refractivity contribution in [2.24, 2.45) is 0 Å². The fraction of sp³-hybridized carbons (Fsp3) is 0.364. The average Bonchev–Trinajstić information content (AvgIpc) is 3.28. The molecule has 7 nitrogen and oxygen atoms in total. The third kappa shape index (κ3) is 5.23. The van der Waals surface area contributed by atoms with E-state index < -0.39 is 0 Å². The van der Waals surface area contributed by atoms with Crippen LogP contribution in [0.4, 0.5) is 10.5 Å². The highest BCUT2D eigenvalue weighted by Gasteiger charge is 2.26. The second-order valence-electron chi connectivity index (χ2n) is 7.11. The van der Waals surface area contributed by atoms with Crippen LogP contribution in [-0.2, 0) is 0 Å². The number of likely N-dealkylation sites (tertiary alicyclic amines) is 1. The normalized spacial score (nSPS) is 14.8. The largest absolute Gasteiger partial charge is 0.496 e. The molecule has 1 heterocycles. The zero-order valence-corrected chi connectivity index (χ0v) is 18.0. The van der Waals surface area contributed by atoms with Gasteiger partial charge in [-0.2, -0.15) is 0 Å². The number of hydrogen-bond acceptors (Lipinski definition) is 4. The molecule has 1 unspecified atom stereocenters. The van der Waals surface area contributed by atoms with Crippen molar-refractivity contribution in [3.63, 3.8) is 0 Å². The Morgan fingerprint density at radius 2 is 1.90 bits per heavy atom. The minimum Gasteiger partial charge on any atom is -0.496 e. The maximum absolute atomic E-state index is 12.5. The molecule has 1 saturated heterocycles. The Bertz CT molecular complexity index is 900. The van der Waals surface area contributed by atoms with Gasteiger partial charge in [0.2, 0.25) is 0 Å². The first-order valence-corrected chi connectivity index (χ1v) is 10.3. The van der Waals surface area contributed by atoms with E-state index >= 15 is 0 Å². The minimum absolute atomic E-state index is 0.0219. The van der Waals surface area contributed by atoms with Crippen LogP contribution < -0.4 is 20.7 Å². The Morgan fingerprint density at radius 3 is 2.57 bits per heavy atom. The lowest BCUT2D eigenvalue weighted by molar-refractivity contribution is 0.0963. The molecule has 1 aliphatic heterocycles. The summed E-state index contributed by atoms with van der Waals surface area (Å²) in [6, 6.07) is 12.4. The second-order valence-corrected chi connectivity index (χ2v) is 7.52. The highest BCUT2D eigenvalue weighted by Crippen LogP contribution is 2.31. The fourth-order valence-electron chi connectivity index (χ4n) is 3.71. The van der Waals surface area contributed by atoms with Gasteiger partial charge in [0.05, 0.1) is 23.7 Å². The maximum atomic E-state index is 12.5. The molecule has 0 radical (unpaired) electrons. The predicted octanol–water partition coefficient (Wildman–Crippen LogP) is 3.67. The van der Waals surface area contributed by atoms with E-state index in [1.807, 2.05) is 24.3 Å². The standard InChI is InChI=1S/C22H27ClN4O3/c1-24-21(28)16-10-9-15(13-18(16)23)26-22(29)25-14-19(27-11-5-6-12-27)17-7-3-4-8-20(17)30-2/h3-4,7-10,13,19H,5-6,11-12,14H2,1-2H3,(H,24,28)(H2,25,26,29). The van der Waals surface area contributed by atoms with Crippen LogP contribution in [0.3, 0.4) is 0 Å². The Kier molecular flexibility index (Phi) is 7.54. The molecule has 0 aliphatic carbocycles. The molecule has 160 valence electrons. The Morgan fingerprint density at radius 1 is 1.17 bits per heavy atom. The molecule has 1 aliphatic rings. The zero-order valence-electron chi connectivity index (χ0n) is 17.2. The average molecular weight is 431 g/mol. The van der Waals surface area contributed by atoms with Gasteiger partial charge in [-0.3, -0.25) is 9.69 Å². The quantitative estimate of drug-likeness (QED) is 0.626. The van der Waals surface area contributed by atoms with E-state index in [2.05, 4.69) is 20.9 Å². The molecule has 1 fully saturated rings. The van der Waals surface area contributed by atoms with Crippen LogP contribution in [0.15, 0.2) is 42.5 Å². The van der Waals surface area contributed by atoms with Crippen molar-refractivity contribution in [2.45, 2.75) is 18.9 Å². The van der Waals surface area contributed by atoms with E-state index in [4.69, 9.17) is 16.3 Å². The molecule has 2 aromatic rings. The molecule has 30 heavy (non-hydrogen) atoms. The molecule has 1 atom stereocenters. The number of amides is 3. The molecule has 0 bridgehead atoms. The third-order valence-electron chi connectivity index (χ3n) is 5.23. The van der Waals surface area contributed by atoms with Gasteiger partial charge in [-0.25, -0.2) is 4.79 Å². The molecule has 3 rings (SSSR count). The lowest BCUT2D eigenvalue weighted by Gasteiger charge is -2.29. The minimum atomic E-state index is -0.335. The van der Waals surface area contributed by atoms with E-state index in [1.54, 1.807) is 25.3 Å². The number of carbonyl (C=O) groups is 2. The Balaban J connectivity index is 1.67. The number of benzene rings is 2. The number of anilines is 1. The van der Waals surface area contributed by atoms with Gasteiger partial charge in [0.1, 0.15) is 5.75 Å². The van der Waals surface area contributed by atoms with Gasteiger partial charge in [-0.1, -0.05) is 29.8 Å². The number of urea groups is 1. The lowest BCUT2D eigenvalue weighted by atomic mass is 10.0. The van der Waals surface area contributed by atoms with Crippen LogP contribution in [0.5, 0.6) is 5.75 Å². The van der Waals surface area contributed by atoms with Gasteiger partial charge in [0, 0.05) is 24.8 Å². The fourth-order valence-corrected chi connectivity index (χ4v) is 3.97. The second kappa shape index (κ2) is 10.3. The summed E-state index contributed by atoms with van der Waals surface area (Å²) < 4.78 is 5.54. The van der Waals surface area contributed by atoms with E-state index in [1.165, 1.54) is 7.05 Å². The number of nitrogens with zero attached hydrogens (tertiary/aromatic N) is 1. The summed E-state index contributed by atoms with van der Waals surface area (Å²) in [4.78, 5) is 26.6. The van der Waals surface area contributed by atoms with Gasteiger partial charge in [-0.15, -0.1) is 0 Å². The van der Waals surface area contributed by atoms with Gasteiger partial charge in [-0.05, 0) is 50.2 Å². The summed E-state index contributed by atoms with van der Waals surface area (Å²) in [5.74, 6) is 0.537. The van der Waals surface area contributed by atoms with Crippen LogP contribution in [-0.4, -0.2) is 50.6 Å². The molecular formula is C22H27ClN4O3. The Labute approximate surface area is 181 Å². The molecule has 3 N–H and O–H groups in total. The number of ether oxygens (including phenoxy) is 1. The summed E-state index contributed by atoms with van der Waals surface area (Å²) in [6.45, 7) is 2.42. The molecule has 3 amide bonds. The lowest BCUT2D eigenvalue weighted by Crippen LogP contribution is -2.38. The molecule has 8 heteroatoms. The van der Waals surface area contributed by atoms with E-state index in [0.717, 1.165) is 37.2 Å². The van der Waals surface area contributed by atoms with Crippen molar-refractivity contribution in [3.05, 3.63) is 58.6 Å². The van der Waals surface area contributed by atoms with Crippen molar-refractivity contribution in [1.29, 1.82) is 0 Å². The van der Waals surface area contributed by atoms with Crippen LogP contribution in [0.1, 0.15) is 34.8 Å². The van der Waals surface area contributed by atoms with Gasteiger partial charge in [0.15, 0.2) is 0 Å². The van der Waals surface area contributed by atoms with Crippen molar-refractivity contribution < 1.29 is 14.3 Å². The number of methoxy groups -OCH3 is 1. The third-order valence-corrected chi connectivity index (χ3v) is 5.55. The SMILES string of the molecule is CNC(=O)c1ccc(NC(=O)NCC(c2ccccc2OC)N2CCCC2)cc1Cl. The van der Waals surface area contributed by atoms with E-state index in [0.29, 0.717) is 17.8 Å². The van der Waals surface area contributed by atoms with Crippen molar-refractivity contribution in [2.75, 3.05) is 39.1 Å². The zero-order chi connectivity index (χ0) is 21.5. The van der Waals surface area contributed by atoms with Crippen molar-refractivity contribution >= 4 is 29.2 Å². The number of carbonyl (C=O) groups excluding carboxylic acids is 2. The number of nitrogens with one attached hydrogen (secondary N) is 3. The van der Waals surface area contributed by atoms with Crippen LogP contribution >= 0.6 is 11.6 Å². The molecule has 2 aromatic carbocycles. The molecule has 0 saturated carbocycles. The van der Waals surface area contributed by atoms with Gasteiger partial charge < -0.3 is 20.7 Å². The van der Waals surface area contributed by atoms with Crippen LogP contribution in [0.2, 0.25) is 5.02 Å². The molecule has 0 aromatic heterocycles. The van der Waals surface area contributed by atoms with Crippen molar-refractivity contribution in [3.8, 4) is 5.75 Å². The summed E-state index contributed by atoms with van der Waals surface area (Å²) in [6.07, 6.45) is 2.29.